The summed E-state index contributed by atoms with van der Waals surface area (Å²) < 4.78 is 1.33. The van der Waals surface area contributed by atoms with E-state index in [4.69, 9.17) is 5.84 Å². The molecule has 4 nitrogen and oxygen atoms in total. The molecule has 0 aliphatic carbocycles. The fourth-order valence-corrected chi connectivity index (χ4v) is 1.56. The number of nitrogens with one attached hydrogen (secondary N) is 1. The molecule has 2 aromatic rings. The van der Waals surface area contributed by atoms with Crippen LogP contribution in [-0.4, -0.2) is 10.6 Å². The van der Waals surface area contributed by atoms with E-state index in [1.807, 2.05) is 37.3 Å². The van der Waals surface area contributed by atoms with Gasteiger partial charge in [0.2, 0.25) is 0 Å². The normalized spacial score (nSPS) is 10.1. The van der Waals surface area contributed by atoms with Crippen molar-refractivity contribution in [1.82, 2.24) is 4.68 Å². The van der Waals surface area contributed by atoms with Crippen molar-refractivity contribution in [2.75, 3.05) is 11.2 Å². The quantitative estimate of drug-likeness (QED) is 0.750. The fourth-order valence-electron chi connectivity index (χ4n) is 1.56. The first-order valence-corrected chi connectivity index (χ1v) is 4.98. The van der Waals surface area contributed by atoms with Gasteiger partial charge >= 0.3 is 0 Å². The van der Waals surface area contributed by atoms with Gasteiger partial charge in [-0.1, -0.05) is 18.2 Å². The Kier molecular flexibility index (Phi) is 2.64. The van der Waals surface area contributed by atoms with Gasteiger partial charge in [0.25, 0.3) is 5.91 Å². The summed E-state index contributed by atoms with van der Waals surface area (Å²) in [7, 11) is 0. The van der Waals surface area contributed by atoms with Gasteiger partial charge in [-0.05, 0) is 30.7 Å². The van der Waals surface area contributed by atoms with Crippen LogP contribution in [0.1, 0.15) is 16.1 Å². The molecule has 4 heteroatoms. The number of hydrogen-bond acceptors (Lipinski definition) is 2. The summed E-state index contributed by atoms with van der Waals surface area (Å²) in [6, 6.07) is 11.1. The third-order valence-electron chi connectivity index (χ3n) is 2.36. The standard InChI is InChI=1S/C12H13N3O/c1-9-7-8-15(13)11(9)12(16)14-10-5-3-2-4-6-10/h2-8H,13H2,1H3,(H,14,16). The van der Waals surface area contributed by atoms with Crippen LogP contribution in [0.4, 0.5) is 5.69 Å². The number of anilines is 1. The van der Waals surface area contributed by atoms with E-state index in [1.54, 1.807) is 12.3 Å². The monoisotopic (exact) mass is 215 g/mol. The summed E-state index contributed by atoms with van der Waals surface area (Å²) in [5, 5.41) is 2.79. The minimum atomic E-state index is -0.198. The molecule has 0 radical (unpaired) electrons. The van der Waals surface area contributed by atoms with Crippen LogP contribution >= 0.6 is 0 Å². The second-order valence-corrected chi connectivity index (χ2v) is 3.57. The van der Waals surface area contributed by atoms with E-state index in [0.29, 0.717) is 5.69 Å². The van der Waals surface area contributed by atoms with E-state index in [0.717, 1.165) is 11.3 Å². The average Bonchev–Trinajstić information content (AvgIpc) is 2.60. The summed E-state index contributed by atoms with van der Waals surface area (Å²) in [6.45, 7) is 1.85. The molecule has 0 aliphatic heterocycles. The molecule has 3 N–H and O–H groups in total. The van der Waals surface area contributed by atoms with Gasteiger partial charge in [-0.25, -0.2) is 0 Å². The lowest BCUT2D eigenvalue weighted by atomic mass is 10.2. The smallest absolute Gasteiger partial charge is 0.274 e. The minimum Gasteiger partial charge on any atom is -0.339 e. The van der Waals surface area contributed by atoms with Crippen molar-refractivity contribution in [2.24, 2.45) is 0 Å². The molecule has 0 saturated carbocycles. The van der Waals surface area contributed by atoms with Gasteiger partial charge in [0.15, 0.2) is 0 Å². The predicted octanol–water partition coefficient (Wildman–Crippen LogP) is 1.76. The highest BCUT2D eigenvalue weighted by molar-refractivity contribution is 6.04. The lowest BCUT2D eigenvalue weighted by Gasteiger charge is -2.06. The molecule has 1 aromatic heterocycles. The van der Waals surface area contributed by atoms with Gasteiger partial charge in [-0.2, -0.15) is 0 Å². The number of nitrogens with zero attached hydrogens (tertiary/aromatic N) is 1. The molecule has 1 heterocycles. The molecular formula is C12H13N3O. The number of nitrogen functional groups attached to an aromatic ring is 1. The highest BCUT2D eigenvalue weighted by Gasteiger charge is 2.13. The molecule has 0 aliphatic rings. The van der Waals surface area contributed by atoms with Gasteiger partial charge in [-0.15, -0.1) is 0 Å². The zero-order valence-electron chi connectivity index (χ0n) is 8.97. The van der Waals surface area contributed by atoms with E-state index in [-0.39, 0.29) is 5.91 Å². The maximum atomic E-state index is 11.9. The molecule has 16 heavy (non-hydrogen) atoms. The van der Waals surface area contributed by atoms with Crippen LogP contribution in [0.5, 0.6) is 0 Å². The lowest BCUT2D eigenvalue weighted by molar-refractivity contribution is 0.101. The van der Waals surface area contributed by atoms with Gasteiger partial charge in [0.1, 0.15) is 5.69 Å². The Morgan fingerprint density at radius 2 is 1.94 bits per heavy atom. The molecule has 0 saturated heterocycles. The number of para-hydroxylation sites is 1. The van der Waals surface area contributed by atoms with Crippen LogP contribution in [0.25, 0.3) is 0 Å². The molecular weight excluding hydrogens is 202 g/mol. The van der Waals surface area contributed by atoms with Gasteiger partial charge in [0, 0.05) is 11.9 Å². The van der Waals surface area contributed by atoms with Gasteiger partial charge < -0.3 is 11.2 Å². The van der Waals surface area contributed by atoms with Crippen molar-refractivity contribution < 1.29 is 4.79 Å². The average molecular weight is 215 g/mol. The van der Waals surface area contributed by atoms with Crippen molar-refractivity contribution in [1.29, 1.82) is 0 Å². The Balaban J connectivity index is 2.22. The van der Waals surface area contributed by atoms with Crippen LogP contribution in [0.3, 0.4) is 0 Å². The zero-order valence-corrected chi connectivity index (χ0v) is 8.97. The maximum Gasteiger partial charge on any atom is 0.274 e. The molecule has 1 aromatic carbocycles. The molecule has 2 rings (SSSR count). The number of hydrogen-bond donors (Lipinski definition) is 2. The number of aryl methyl sites for hydroxylation is 1. The van der Waals surface area contributed by atoms with Crippen molar-refractivity contribution in [3.63, 3.8) is 0 Å². The SMILES string of the molecule is Cc1ccn(N)c1C(=O)Nc1ccccc1. The van der Waals surface area contributed by atoms with E-state index in [1.165, 1.54) is 4.68 Å². The van der Waals surface area contributed by atoms with Gasteiger partial charge in [-0.3, -0.25) is 9.47 Å². The number of rotatable bonds is 2. The Morgan fingerprint density at radius 1 is 1.25 bits per heavy atom. The summed E-state index contributed by atoms with van der Waals surface area (Å²) in [5.74, 6) is 5.45. The van der Waals surface area contributed by atoms with Crippen LogP contribution in [0.2, 0.25) is 0 Å². The molecule has 0 atom stereocenters. The third kappa shape index (κ3) is 1.91. The second kappa shape index (κ2) is 4.10. The van der Waals surface area contributed by atoms with E-state index in [9.17, 15) is 4.79 Å². The van der Waals surface area contributed by atoms with Crippen LogP contribution in [0, 0.1) is 6.92 Å². The van der Waals surface area contributed by atoms with E-state index >= 15 is 0 Å². The maximum absolute atomic E-state index is 11.9. The molecule has 0 fully saturated rings. The Labute approximate surface area is 93.7 Å². The number of carbonyl (C=O) groups excluding carboxylic acids is 1. The molecule has 0 spiro atoms. The lowest BCUT2D eigenvalue weighted by Crippen LogP contribution is -2.21. The van der Waals surface area contributed by atoms with Crippen molar-refractivity contribution in [3.8, 4) is 0 Å². The van der Waals surface area contributed by atoms with Crippen molar-refractivity contribution in [2.45, 2.75) is 6.92 Å². The predicted molar refractivity (Wildman–Crippen MR) is 63.7 cm³/mol. The Hall–Kier alpha value is -2.23. The first kappa shape index (κ1) is 10.3. The first-order chi connectivity index (χ1) is 7.68. The minimum absolute atomic E-state index is 0.198. The van der Waals surface area contributed by atoms with Crippen LogP contribution in [0.15, 0.2) is 42.6 Å². The Morgan fingerprint density at radius 3 is 2.50 bits per heavy atom. The van der Waals surface area contributed by atoms with E-state index < -0.39 is 0 Å². The number of carbonyl (C=O) groups is 1. The number of benzene rings is 1. The number of nitrogens with two attached hydrogens (primary N) is 1. The molecule has 0 bridgehead atoms. The molecule has 1 amide bonds. The van der Waals surface area contributed by atoms with Crippen molar-refractivity contribution in [3.05, 3.63) is 53.9 Å². The molecule has 82 valence electrons. The summed E-state index contributed by atoms with van der Waals surface area (Å²) in [5.41, 5.74) is 2.09. The first-order valence-electron chi connectivity index (χ1n) is 4.98. The van der Waals surface area contributed by atoms with E-state index in [2.05, 4.69) is 5.32 Å². The van der Waals surface area contributed by atoms with Crippen LogP contribution < -0.4 is 11.2 Å². The van der Waals surface area contributed by atoms with Crippen molar-refractivity contribution >= 4 is 11.6 Å². The van der Waals surface area contributed by atoms with Crippen LogP contribution in [-0.2, 0) is 0 Å². The summed E-state index contributed by atoms with van der Waals surface area (Å²) >= 11 is 0. The number of amides is 1. The summed E-state index contributed by atoms with van der Waals surface area (Å²) in [6.07, 6.45) is 1.66. The summed E-state index contributed by atoms with van der Waals surface area (Å²) in [4.78, 5) is 11.9. The largest absolute Gasteiger partial charge is 0.339 e. The Bertz CT molecular complexity index is 483. The third-order valence-corrected chi connectivity index (χ3v) is 2.36. The highest BCUT2D eigenvalue weighted by Crippen LogP contribution is 2.11. The molecule has 0 unspecified atom stereocenters. The fraction of sp³-hybridized carbons (Fsp3) is 0.0833. The topological polar surface area (TPSA) is 60.0 Å². The zero-order chi connectivity index (χ0) is 11.5. The van der Waals surface area contributed by atoms with Gasteiger partial charge in [0.05, 0.1) is 0 Å². The highest BCUT2D eigenvalue weighted by atomic mass is 16.2. The second-order valence-electron chi connectivity index (χ2n) is 3.57. The number of aromatic nitrogens is 1.